The molecule has 0 bridgehead atoms. The molecule has 6 heteroatoms. The Balaban J connectivity index is 1.73. The van der Waals surface area contributed by atoms with E-state index in [-0.39, 0.29) is 5.91 Å². The van der Waals surface area contributed by atoms with Gasteiger partial charge in [0.25, 0.3) is 0 Å². The summed E-state index contributed by atoms with van der Waals surface area (Å²) in [7, 11) is 0. The number of nitrogens with zero attached hydrogens (tertiary/aromatic N) is 3. The molecule has 1 heterocycles. The van der Waals surface area contributed by atoms with Gasteiger partial charge in [0.05, 0.1) is 0 Å². The van der Waals surface area contributed by atoms with Crippen LogP contribution >= 0.6 is 0 Å². The molecule has 0 spiro atoms. The van der Waals surface area contributed by atoms with Crippen LogP contribution in [0.3, 0.4) is 0 Å². The number of carbonyl (C=O) groups is 1. The quantitative estimate of drug-likeness (QED) is 0.397. The van der Waals surface area contributed by atoms with Crippen LogP contribution in [-0.2, 0) is 16.1 Å². The van der Waals surface area contributed by atoms with E-state index >= 15 is 0 Å². The average Bonchev–Trinajstić information content (AvgIpc) is 3.17. The molecule has 26 heavy (non-hydrogen) atoms. The molecule has 0 aliphatic heterocycles. The number of carbonyl (C=O) groups excluding carboxylic acids is 1. The SMILES string of the molecule is CCCCCCCCCCCCOCCCNC(=O)CCn1cnnc1. The zero-order valence-corrected chi connectivity index (χ0v) is 16.6. The fourth-order valence-electron chi connectivity index (χ4n) is 2.85. The van der Waals surface area contributed by atoms with Gasteiger partial charge in [-0.05, 0) is 12.8 Å². The van der Waals surface area contributed by atoms with Gasteiger partial charge in [-0.2, -0.15) is 0 Å². The first-order chi connectivity index (χ1) is 12.8. The number of ether oxygens (including phenoxy) is 1. The van der Waals surface area contributed by atoms with E-state index in [4.69, 9.17) is 4.74 Å². The van der Waals surface area contributed by atoms with Crippen LogP contribution in [0.1, 0.15) is 84.0 Å². The summed E-state index contributed by atoms with van der Waals surface area (Å²) < 4.78 is 7.44. The Kier molecular flexibility index (Phi) is 14.8. The van der Waals surface area contributed by atoms with E-state index in [1.807, 2.05) is 0 Å². The zero-order valence-electron chi connectivity index (χ0n) is 16.6. The maximum absolute atomic E-state index is 11.7. The van der Waals surface area contributed by atoms with Crippen molar-refractivity contribution in [3.05, 3.63) is 12.7 Å². The number of aromatic nitrogens is 3. The van der Waals surface area contributed by atoms with Crippen molar-refractivity contribution in [3.63, 3.8) is 0 Å². The number of aryl methyl sites for hydroxylation is 1. The third-order valence-electron chi connectivity index (χ3n) is 4.49. The molecule has 1 aromatic heterocycles. The van der Waals surface area contributed by atoms with Gasteiger partial charge in [-0.3, -0.25) is 4.79 Å². The lowest BCUT2D eigenvalue weighted by Crippen LogP contribution is -2.26. The number of hydrogen-bond donors (Lipinski definition) is 1. The summed E-state index contributed by atoms with van der Waals surface area (Å²) in [5, 5.41) is 10.3. The van der Waals surface area contributed by atoms with Crippen molar-refractivity contribution in [2.75, 3.05) is 19.8 Å². The second-order valence-corrected chi connectivity index (χ2v) is 6.95. The maximum atomic E-state index is 11.7. The molecule has 1 N–H and O–H groups in total. The number of rotatable bonds is 18. The molecule has 0 saturated heterocycles. The van der Waals surface area contributed by atoms with E-state index in [1.54, 1.807) is 17.2 Å². The van der Waals surface area contributed by atoms with Crippen LogP contribution in [0.4, 0.5) is 0 Å². The summed E-state index contributed by atoms with van der Waals surface area (Å²) in [6.07, 6.45) is 18.0. The monoisotopic (exact) mass is 366 g/mol. The predicted octanol–water partition coefficient (Wildman–Crippen LogP) is 4.11. The summed E-state index contributed by atoms with van der Waals surface area (Å²) in [5.41, 5.74) is 0. The van der Waals surface area contributed by atoms with Crippen molar-refractivity contribution in [1.82, 2.24) is 20.1 Å². The van der Waals surface area contributed by atoms with Crippen LogP contribution in [-0.4, -0.2) is 40.4 Å². The van der Waals surface area contributed by atoms with Crippen LogP contribution in [0.25, 0.3) is 0 Å². The van der Waals surface area contributed by atoms with Gasteiger partial charge < -0.3 is 14.6 Å². The lowest BCUT2D eigenvalue weighted by Gasteiger charge is -2.07. The number of hydrogen-bond acceptors (Lipinski definition) is 4. The van der Waals surface area contributed by atoms with Crippen molar-refractivity contribution in [2.24, 2.45) is 0 Å². The molecular weight excluding hydrogens is 328 g/mol. The highest BCUT2D eigenvalue weighted by molar-refractivity contribution is 5.75. The summed E-state index contributed by atoms with van der Waals surface area (Å²) in [4.78, 5) is 11.7. The van der Waals surface area contributed by atoms with E-state index in [0.717, 1.165) is 26.1 Å². The highest BCUT2D eigenvalue weighted by atomic mass is 16.5. The van der Waals surface area contributed by atoms with Crippen molar-refractivity contribution in [2.45, 2.75) is 90.5 Å². The van der Waals surface area contributed by atoms with E-state index in [9.17, 15) is 4.79 Å². The Bertz CT molecular complexity index is 423. The first-order valence-corrected chi connectivity index (χ1v) is 10.5. The Labute approximate surface area is 159 Å². The highest BCUT2D eigenvalue weighted by Crippen LogP contribution is 2.10. The second-order valence-electron chi connectivity index (χ2n) is 6.95. The van der Waals surface area contributed by atoms with Gasteiger partial charge in [-0.15, -0.1) is 10.2 Å². The van der Waals surface area contributed by atoms with E-state index < -0.39 is 0 Å². The first-order valence-electron chi connectivity index (χ1n) is 10.5. The van der Waals surface area contributed by atoms with Crippen molar-refractivity contribution in [1.29, 1.82) is 0 Å². The molecule has 0 aliphatic carbocycles. The molecule has 1 aromatic rings. The zero-order chi connectivity index (χ0) is 18.7. The normalized spacial score (nSPS) is 11.0. The summed E-state index contributed by atoms with van der Waals surface area (Å²) in [6.45, 7) is 5.13. The Hall–Kier alpha value is -1.43. The average molecular weight is 367 g/mol. The molecule has 1 rings (SSSR count). The third-order valence-corrected chi connectivity index (χ3v) is 4.49. The number of amides is 1. The number of nitrogens with one attached hydrogen (secondary N) is 1. The van der Waals surface area contributed by atoms with Gasteiger partial charge in [0.15, 0.2) is 0 Å². The molecule has 0 unspecified atom stereocenters. The van der Waals surface area contributed by atoms with Crippen LogP contribution in [0.2, 0.25) is 0 Å². The molecule has 0 aromatic carbocycles. The molecule has 0 radical (unpaired) electrons. The summed E-state index contributed by atoms with van der Waals surface area (Å²) in [6, 6.07) is 0. The van der Waals surface area contributed by atoms with Gasteiger partial charge in [-0.1, -0.05) is 64.7 Å². The van der Waals surface area contributed by atoms with E-state index in [0.29, 0.717) is 19.5 Å². The molecule has 150 valence electrons. The topological polar surface area (TPSA) is 69.0 Å². The molecular formula is C20H38N4O2. The van der Waals surface area contributed by atoms with Crippen molar-refractivity contribution in [3.8, 4) is 0 Å². The predicted molar refractivity (Wildman–Crippen MR) is 105 cm³/mol. The minimum absolute atomic E-state index is 0.0633. The highest BCUT2D eigenvalue weighted by Gasteiger charge is 2.01. The fraction of sp³-hybridized carbons (Fsp3) is 0.850. The lowest BCUT2D eigenvalue weighted by atomic mass is 10.1. The Morgan fingerprint density at radius 2 is 1.46 bits per heavy atom. The van der Waals surface area contributed by atoms with Crippen LogP contribution in [0, 0.1) is 0 Å². The molecule has 6 nitrogen and oxygen atoms in total. The summed E-state index contributed by atoms with van der Waals surface area (Å²) in [5.74, 6) is 0.0633. The van der Waals surface area contributed by atoms with Crippen molar-refractivity contribution < 1.29 is 9.53 Å². The third kappa shape index (κ3) is 13.8. The van der Waals surface area contributed by atoms with Gasteiger partial charge in [0, 0.05) is 32.7 Å². The fourth-order valence-corrected chi connectivity index (χ4v) is 2.85. The molecule has 1 amide bonds. The summed E-state index contributed by atoms with van der Waals surface area (Å²) >= 11 is 0. The molecule has 0 fully saturated rings. The van der Waals surface area contributed by atoms with Crippen LogP contribution < -0.4 is 5.32 Å². The molecule has 0 saturated carbocycles. The molecule has 0 aliphatic rings. The minimum atomic E-state index is 0.0633. The van der Waals surface area contributed by atoms with Gasteiger partial charge in [0.1, 0.15) is 12.7 Å². The van der Waals surface area contributed by atoms with Gasteiger partial charge >= 0.3 is 0 Å². The molecule has 0 atom stereocenters. The largest absolute Gasteiger partial charge is 0.381 e. The first kappa shape index (κ1) is 22.6. The lowest BCUT2D eigenvalue weighted by molar-refractivity contribution is -0.121. The van der Waals surface area contributed by atoms with Crippen LogP contribution in [0.15, 0.2) is 12.7 Å². The Morgan fingerprint density at radius 1 is 0.885 bits per heavy atom. The number of unbranched alkanes of at least 4 members (excludes halogenated alkanes) is 9. The van der Waals surface area contributed by atoms with Gasteiger partial charge in [0.2, 0.25) is 5.91 Å². The minimum Gasteiger partial charge on any atom is -0.381 e. The maximum Gasteiger partial charge on any atom is 0.221 e. The van der Waals surface area contributed by atoms with Crippen LogP contribution in [0.5, 0.6) is 0 Å². The van der Waals surface area contributed by atoms with E-state index in [2.05, 4.69) is 22.4 Å². The van der Waals surface area contributed by atoms with Gasteiger partial charge in [-0.25, -0.2) is 0 Å². The smallest absolute Gasteiger partial charge is 0.221 e. The van der Waals surface area contributed by atoms with Crippen molar-refractivity contribution >= 4 is 5.91 Å². The standard InChI is InChI=1S/C20H38N4O2/c1-2-3-4-5-6-7-8-9-10-11-16-26-17-12-14-21-20(25)13-15-24-18-22-23-19-24/h18-19H,2-17H2,1H3,(H,21,25). The Morgan fingerprint density at radius 3 is 2.12 bits per heavy atom. The van der Waals surface area contributed by atoms with E-state index in [1.165, 1.54) is 57.8 Å². The second kappa shape index (κ2) is 17.0.